The van der Waals surface area contributed by atoms with Crippen LogP contribution in [0.25, 0.3) is 0 Å². The summed E-state index contributed by atoms with van der Waals surface area (Å²) >= 11 is 0. The molecule has 4 heterocycles. The molecular formula is C20H28N2O4. The lowest BCUT2D eigenvalue weighted by atomic mass is 10.1. The molecule has 0 amide bonds. The molecule has 6 nitrogen and oxygen atoms in total. The number of hydrogen-bond acceptors (Lipinski definition) is 2. The van der Waals surface area contributed by atoms with Crippen molar-refractivity contribution in [3.05, 3.63) is 47.0 Å². The maximum Gasteiger partial charge on any atom is 0.337 e. The molecule has 142 valence electrons. The highest BCUT2D eigenvalue weighted by atomic mass is 16.4. The van der Waals surface area contributed by atoms with Gasteiger partial charge in [0.1, 0.15) is 0 Å². The molecule has 2 aromatic rings. The Bertz CT molecular complexity index is 732. The number of aryl methyl sites for hydroxylation is 3. The zero-order valence-corrected chi connectivity index (χ0v) is 15.6. The molecule has 0 bridgehead atoms. The van der Waals surface area contributed by atoms with E-state index in [9.17, 15) is 9.59 Å². The predicted molar refractivity (Wildman–Crippen MR) is 100 cm³/mol. The lowest BCUT2D eigenvalue weighted by molar-refractivity contribution is 0.0685. The molecule has 0 aliphatic carbocycles. The molecule has 6 heteroatoms. The van der Waals surface area contributed by atoms with E-state index in [1.807, 2.05) is 29.2 Å². The van der Waals surface area contributed by atoms with Gasteiger partial charge in [-0.1, -0.05) is 13.8 Å². The predicted octanol–water partition coefficient (Wildman–Crippen LogP) is 4.07. The van der Waals surface area contributed by atoms with Crippen LogP contribution in [-0.4, -0.2) is 31.3 Å². The molecule has 2 aromatic heterocycles. The largest absolute Gasteiger partial charge is 0.478 e. The SMILES string of the molecule is CC.O=C(O)c1cc2n(c1)CCCC2.O=C(O)c1ccn2c1CCCC2. The molecule has 0 spiro atoms. The second kappa shape index (κ2) is 9.27. The van der Waals surface area contributed by atoms with E-state index in [0.717, 1.165) is 38.0 Å². The average molecular weight is 360 g/mol. The van der Waals surface area contributed by atoms with Gasteiger partial charge in [0, 0.05) is 36.9 Å². The van der Waals surface area contributed by atoms with Crippen LogP contribution in [0.4, 0.5) is 0 Å². The Morgan fingerprint density at radius 1 is 0.923 bits per heavy atom. The molecule has 2 N–H and O–H groups in total. The molecule has 0 radical (unpaired) electrons. The van der Waals surface area contributed by atoms with Crippen LogP contribution in [0.5, 0.6) is 0 Å². The summed E-state index contributed by atoms with van der Waals surface area (Å²) in [5.41, 5.74) is 3.06. The first-order valence-electron chi connectivity index (χ1n) is 9.40. The molecule has 2 aliphatic rings. The van der Waals surface area contributed by atoms with Gasteiger partial charge in [-0.05, 0) is 50.7 Å². The van der Waals surface area contributed by atoms with E-state index < -0.39 is 11.9 Å². The van der Waals surface area contributed by atoms with Crippen LogP contribution in [0.15, 0.2) is 24.5 Å². The van der Waals surface area contributed by atoms with Gasteiger partial charge < -0.3 is 19.3 Å². The van der Waals surface area contributed by atoms with Crippen LogP contribution in [-0.2, 0) is 25.9 Å². The highest BCUT2D eigenvalue weighted by molar-refractivity contribution is 5.89. The molecular weight excluding hydrogens is 332 g/mol. The van der Waals surface area contributed by atoms with E-state index in [2.05, 4.69) is 0 Å². The number of aromatic carboxylic acids is 2. The number of fused-ring (bicyclic) bond motifs is 2. The van der Waals surface area contributed by atoms with Crippen LogP contribution >= 0.6 is 0 Å². The zero-order chi connectivity index (χ0) is 19.1. The third-order valence-electron chi connectivity index (χ3n) is 4.69. The first-order valence-corrected chi connectivity index (χ1v) is 9.40. The van der Waals surface area contributed by atoms with Gasteiger partial charge in [0.05, 0.1) is 11.1 Å². The summed E-state index contributed by atoms with van der Waals surface area (Å²) in [5, 5.41) is 17.5. The molecule has 26 heavy (non-hydrogen) atoms. The van der Waals surface area contributed by atoms with Crippen molar-refractivity contribution in [1.29, 1.82) is 0 Å². The summed E-state index contributed by atoms with van der Waals surface area (Å²) in [6.07, 6.45) is 10.2. The lowest BCUT2D eigenvalue weighted by Gasteiger charge is -2.15. The molecule has 2 aliphatic heterocycles. The van der Waals surface area contributed by atoms with E-state index in [1.165, 1.54) is 25.0 Å². The second-order valence-corrected chi connectivity index (χ2v) is 6.31. The quantitative estimate of drug-likeness (QED) is 0.845. The van der Waals surface area contributed by atoms with Gasteiger partial charge in [-0.2, -0.15) is 0 Å². The smallest absolute Gasteiger partial charge is 0.337 e. The van der Waals surface area contributed by atoms with Crippen molar-refractivity contribution in [2.75, 3.05) is 0 Å². The summed E-state index contributed by atoms with van der Waals surface area (Å²) in [5.74, 6) is -1.62. The Balaban J connectivity index is 0.000000171. The van der Waals surface area contributed by atoms with Gasteiger partial charge in [0.2, 0.25) is 0 Å². The van der Waals surface area contributed by atoms with E-state index in [-0.39, 0.29) is 0 Å². The maximum atomic E-state index is 10.7. The second-order valence-electron chi connectivity index (χ2n) is 6.31. The van der Waals surface area contributed by atoms with Crippen molar-refractivity contribution < 1.29 is 19.8 Å². The fourth-order valence-electron chi connectivity index (χ4n) is 3.44. The highest BCUT2D eigenvalue weighted by Gasteiger charge is 2.17. The van der Waals surface area contributed by atoms with Gasteiger partial charge in [-0.3, -0.25) is 0 Å². The Morgan fingerprint density at radius 2 is 1.58 bits per heavy atom. The number of carboxylic acids is 2. The minimum Gasteiger partial charge on any atom is -0.478 e. The lowest BCUT2D eigenvalue weighted by Crippen LogP contribution is -2.11. The first-order chi connectivity index (χ1) is 12.6. The minimum absolute atomic E-state index is 0.423. The summed E-state index contributed by atoms with van der Waals surface area (Å²) in [4.78, 5) is 21.3. The van der Waals surface area contributed by atoms with E-state index in [0.29, 0.717) is 11.1 Å². The Labute approximate surface area is 154 Å². The zero-order valence-electron chi connectivity index (χ0n) is 15.6. The van der Waals surface area contributed by atoms with Gasteiger partial charge in [-0.25, -0.2) is 9.59 Å². The molecule has 0 aromatic carbocycles. The number of aromatic nitrogens is 2. The van der Waals surface area contributed by atoms with Crippen molar-refractivity contribution >= 4 is 11.9 Å². The van der Waals surface area contributed by atoms with E-state index in [1.54, 1.807) is 18.3 Å². The maximum absolute atomic E-state index is 10.7. The standard InChI is InChI=1S/2C9H11NO2.C2H6/c11-9(12)7-4-6-10-5-2-1-3-8(7)10;11-9(12)7-5-8-3-1-2-4-10(8)6-7;1-2/h4,6H,1-3,5H2,(H,11,12);5-6H,1-4H2,(H,11,12);1-2H3. The number of carboxylic acid groups (broad SMARTS) is 2. The van der Waals surface area contributed by atoms with Crippen molar-refractivity contribution in [3.63, 3.8) is 0 Å². The molecule has 0 saturated heterocycles. The minimum atomic E-state index is -0.822. The molecule has 0 unspecified atom stereocenters. The fourth-order valence-corrected chi connectivity index (χ4v) is 3.44. The molecule has 0 atom stereocenters. The summed E-state index contributed by atoms with van der Waals surface area (Å²) in [7, 11) is 0. The van der Waals surface area contributed by atoms with Crippen LogP contribution in [0.2, 0.25) is 0 Å². The topological polar surface area (TPSA) is 84.5 Å². The molecule has 4 rings (SSSR count). The molecule has 0 saturated carbocycles. The molecule has 0 fully saturated rings. The van der Waals surface area contributed by atoms with Gasteiger partial charge in [-0.15, -0.1) is 0 Å². The van der Waals surface area contributed by atoms with E-state index in [4.69, 9.17) is 10.2 Å². The van der Waals surface area contributed by atoms with Crippen LogP contribution < -0.4 is 0 Å². The Hall–Kier alpha value is -2.50. The highest BCUT2D eigenvalue weighted by Crippen LogP contribution is 2.20. The van der Waals surface area contributed by atoms with Crippen molar-refractivity contribution in [2.24, 2.45) is 0 Å². The van der Waals surface area contributed by atoms with Gasteiger partial charge in [0.25, 0.3) is 0 Å². The van der Waals surface area contributed by atoms with Crippen LogP contribution in [0.3, 0.4) is 0 Å². The third kappa shape index (κ3) is 4.56. The van der Waals surface area contributed by atoms with E-state index >= 15 is 0 Å². The summed E-state index contributed by atoms with van der Waals surface area (Å²) in [6.45, 7) is 5.95. The number of hydrogen-bond donors (Lipinski definition) is 2. The first kappa shape index (κ1) is 19.8. The fraction of sp³-hybridized carbons (Fsp3) is 0.500. The van der Waals surface area contributed by atoms with Gasteiger partial charge >= 0.3 is 11.9 Å². The Morgan fingerprint density at radius 3 is 2.19 bits per heavy atom. The van der Waals surface area contributed by atoms with Crippen molar-refractivity contribution in [3.8, 4) is 0 Å². The van der Waals surface area contributed by atoms with Crippen molar-refractivity contribution in [1.82, 2.24) is 9.13 Å². The van der Waals surface area contributed by atoms with Gasteiger partial charge in [0.15, 0.2) is 0 Å². The number of nitrogens with zero attached hydrogens (tertiary/aromatic N) is 2. The van der Waals surface area contributed by atoms with Crippen LogP contribution in [0, 0.1) is 0 Å². The normalized spacial score (nSPS) is 14.7. The monoisotopic (exact) mass is 360 g/mol. The average Bonchev–Trinajstić information content (AvgIpc) is 3.28. The summed E-state index contributed by atoms with van der Waals surface area (Å²) in [6, 6.07) is 3.48. The number of rotatable bonds is 2. The Kier molecular flexibility index (Phi) is 7.06. The number of carbonyl (C=O) groups is 2. The van der Waals surface area contributed by atoms with Crippen molar-refractivity contribution in [2.45, 2.75) is 65.5 Å². The third-order valence-corrected chi connectivity index (χ3v) is 4.69. The van der Waals surface area contributed by atoms with Crippen LogP contribution in [0.1, 0.15) is 71.6 Å². The summed E-state index contributed by atoms with van der Waals surface area (Å²) < 4.78 is 4.10.